The molecule has 2 aromatic carbocycles. The Labute approximate surface area is 131 Å². The van der Waals surface area contributed by atoms with Crippen LogP contribution in [0.5, 0.6) is 17.2 Å². The monoisotopic (exact) mass is 299 g/mol. The molecule has 0 atom stereocenters. The van der Waals surface area contributed by atoms with Gasteiger partial charge in [-0.05, 0) is 61.9 Å². The van der Waals surface area contributed by atoms with Crippen molar-refractivity contribution in [3.63, 3.8) is 0 Å². The van der Waals surface area contributed by atoms with E-state index < -0.39 is 0 Å². The fraction of sp³-hybridized carbons (Fsp3) is 0.278. The van der Waals surface area contributed by atoms with Crippen molar-refractivity contribution >= 4 is 11.6 Å². The van der Waals surface area contributed by atoms with Crippen LogP contribution >= 0.6 is 0 Å². The predicted octanol–water partition coefficient (Wildman–Crippen LogP) is 4.62. The number of nitrogens with one attached hydrogen (secondary N) is 1. The highest BCUT2D eigenvalue weighted by atomic mass is 16.5. The predicted molar refractivity (Wildman–Crippen MR) is 87.7 cm³/mol. The number of amides is 1. The van der Waals surface area contributed by atoms with Gasteiger partial charge in [-0.1, -0.05) is 6.92 Å². The molecule has 0 saturated carbocycles. The molecule has 0 fully saturated rings. The number of carbonyl (C=O) groups is 1. The zero-order valence-electron chi connectivity index (χ0n) is 13.0. The molecule has 1 N–H and O–H groups in total. The summed E-state index contributed by atoms with van der Waals surface area (Å²) < 4.78 is 11.1. The van der Waals surface area contributed by atoms with Gasteiger partial charge in [-0.25, -0.2) is 0 Å². The summed E-state index contributed by atoms with van der Waals surface area (Å²) in [7, 11) is 0. The van der Waals surface area contributed by atoms with Crippen molar-refractivity contribution < 1.29 is 14.3 Å². The lowest BCUT2D eigenvalue weighted by atomic mass is 10.2. The van der Waals surface area contributed by atoms with Crippen molar-refractivity contribution in [1.29, 1.82) is 0 Å². The normalized spacial score (nSPS) is 10.1. The average Bonchev–Trinajstić information content (AvgIpc) is 2.52. The third kappa shape index (κ3) is 4.81. The Hall–Kier alpha value is -2.49. The van der Waals surface area contributed by atoms with Gasteiger partial charge in [-0.2, -0.15) is 0 Å². The highest BCUT2D eigenvalue weighted by molar-refractivity contribution is 5.90. The lowest BCUT2D eigenvalue weighted by Gasteiger charge is -2.09. The van der Waals surface area contributed by atoms with E-state index in [2.05, 4.69) is 5.32 Å². The summed E-state index contributed by atoms with van der Waals surface area (Å²) >= 11 is 0. The van der Waals surface area contributed by atoms with Gasteiger partial charge in [0.2, 0.25) is 5.91 Å². The van der Waals surface area contributed by atoms with Gasteiger partial charge in [0, 0.05) is 12.1 Å². The van der Waals surface area contributed by atoms with E-state index in [1.54, 1.807) is 0 Å². The quantitative estimate of drug-likeness (QED) is 0.811. The standard InChI is InChI=1S/C18H21NO3/c1-3-5-18(20)19-14-6-8-16(9-7-14)22-17-12-10-15(11-13-17)21-4-2/h6-13H,3-5H2,1-2H3,(H,19,20). The number of anilines is 1. The fourth-order valence-corrected chi connectivity index (χ4v) is 1.96. The van der Waals surface area contributed by atoms with Crippen molar-refractivity contribution in [2.24, 2.45) is 0 Å². The molecule has 2 rings (SSSR count). The number of hydrogen-bond donors (Lipinski definition) is 1. The summed E-state index contributed by atoms with van der Waals surface area (Å²) in [6.45, 7) is 4.57. The second kappa shape index (κ2) is 8.08. The maximum atomic E-state index is 11.5. The second-order valence-electron chi connectivity index (χ2n) is 4.83. The molecule has 0 aliphatic carbocycles. The number of benzene rings is 2. The van der Waals surface area contributed by atoms with Gasteiger partial charge in [0.05, 0.1) is 6.61 Å². The summed E-state index contributed by atoms with van der Waals surface area (Å²) in [5.41, 5.74) is 0.775. The van der Waals surface area contributed by atoms with Crippen LogP contribution in [0.3, 0.4) is 0 Å². The first-order chi connectivity index (χ1) is 10.7. The lowest BCUT2D eigenvalue weighted by molar-refractivity contribution is -0.116. The van der Waals surface area contributed by atoms with E-state index in [1.807, 2.05) is 62.4 Å². The van der Waals surface area contributed by atoms with Crippen LogP contribution < -0.4 is 14.8 Å². The van der Waals surface area contributed by atoms with Crippen molar-refractivity contribution in [3.05, 3.63) is 48.5 Å². The number of carbonyl (C=O) groups excluding carboxylic acids is 1. The van der Waals surface area contributed by atoms with E-state index in [9.17, 15) is 4.79 Å². The first kappa shape index (κ1) is 15.9. The summed E-state index contributed by atoms with van der Waals surface area (Å²) in [4.78, 5) is 11.5. The Balaban J connectivity index is 1.94. The van der Waals surface area contributed by atoms with Crippen LogP contribution in [-0.2, 0) is 4.79 Å². The molecular weight excluding hydrogens is 278 g/mol. The van der Waals surface area contributed by atoms with Gasteiger partial charge in [0.1, 0.15) is 17.2 Å². The van der Waals surface area contributed by atoms with Crippen LogP contribution in [0, 0.1) is 0 Å². The summed E-state index contributed by atoms with van der Waals surface area (Å²) in [6, 6.07) is 14.8. The third-order valence-corrected chi connectivity index (χ3v) is 2.99. The SMILES string of the molecule is CCCC(=O)Nc1ccc(Oc2ccc(OCC)cc2)cc1. The zero-order valence-corrected chi connectivity index (χ0v) is 13.0. The first-order valence-corrected chi connectivity index (χ1v) is 7.52. The van der Waals surface area contributed by atoms with Crippen molar-refractivity contribution in [3.8, 4) is 17.2 Å². The van der Waals surface area contributed by atoms with Crippen LogP contribution in [0.4, 0.5) is 5.69 Å². The molecule has 0 saturated heterocycles. The molecule has 0 bridgehead atoms. The fourth-order valence-electron chi connectivity index (χ4n) is 1.96. The van der Waals surface area contributed by atoms with Crippen molar-refractivity contribution in [2.75, 3.05) is 11.9 Å². The smallest absolute Gasteiger partial charge is 0.224 e. The van der Waals surface area contributed by atoms with E-state index in [1.165, 1.54) is 0 Å². The molecule has 0 aliphatic heterocycles. The molecule has 4 heteroatoms. The van der Waals surface area contributed by atoms with Gasteiger partial charge in [-0.3, -0.25) is 4.79 Å². The summed E-state index contributed by atoms with van der Waals surface area (Å²) in [6.07, 6.45) is 1.37. The van der Waals surface area contributed by atoms with E-state index in [0.29, 0.717) is 13.0 Å². The van der Waals surface area contributed by atoms with Crippen LogP contribution in [0.15, 0.2) is 48.5 Å². The minimum Gasteiger partial charge on any atom is -0.494 e. The minimum atomic E-state index is 0.0303. The van der Waals surface area contributed by atoms with E-state index >= 15 is 0 Å². The van der Waals surface area contributed by atoms with Crippen LogP contribution in [0.2, 0.25) is 0 Å². The van der Waals surface area contributed by atoms with E-state index in [0.717, 1.165) is 29.4 Å². The van der Waals surface area contributed by atoms with Gasteiger partial charge >= 0.3 is 0 Å². The van der Waals surface area contributed by atoms with Gasteiger partial charge < -0.3 is 14.8 Å². The van der Waals surface area contributed by atoms with Gasteiger partial charge in [0.15, 0.2) is 0 Å². The Morgan fingerprint density at radius 3 is 2.00 bits per heavy atom. The second-order valence-corrected chi connectivity index (χ2v) is 4.83. The molecule has 0 heterocycles. The molecule has 0 radical (unpaired) electrons. The molecular formula is C18H21NO3. The number of hydrogen-bond acceptors (Lipinski definition) is 3. The molecule has 4 nitrogen and oxygen atoms in total. The molecule has 22 heavy (non-hydrogen) atoms. The molecule has 1 amide bonds. The molecule has 2 aromatic rings. The molecule has 0 aliphatic rings. The van der Waals surface area contributed by atoms with Crippen molar-refractivity contribution in [1.82, 2.24) is 0 Å². The highest BCUT2D eigenvalue weighted by Crippen LogP contribution is 2.25. The maximum absolute atomic E-state index is 11.5. The Bertz CT molecular complexity index is 591. The summed E-state index contributed by atoms with van der Waals surface area (Å²) in [5, 5.41) is 2.84. The molecule has 0 unspecified atom stereocenters. The molecule has 116 valence electrons. The van der Waals surface area contributed by atoms with E-state index in [-0.39, 0.29) is 5.91 Å². The van der Waals surface area contributed by atoms with Gasteiger partial charge in [0.25, 0.3) is 0 Å². The molecule has 0 spiro atoms. The maximum Gasteiger partial charge on any atom is 0.224 e. The van der Waals surface area contributed by atoms with Crippen LogP contribution in [0.1, 0.15) is 26.7 Å². The number of rotatable bonds is 7. The Morgan fingerprint density at radius 2 is 1.45 bits per heavy atom. The Kier molecular flexibility index (Phi) is 5.83. The lowest BCUT2D eigenvalue weighted by Crippen LogP contribution is -2.10. The third-order valence-electron chi connectivity index (χ3n) is 2.99. The van der Waals surface area contributed by atoms with Gasteiger partial charge in [-0.15, -0.1) is 0 Å². The van der Waals surface area contributed by atoms with E-state index in [4.69, 9.17) is 9.47 Å². The first-order valence-electron chi connectivity index (χ1n) is 7.52. The van der Waals surface area contributed by atoms with Crippen LogP contribution in [0.25, 0.3) is 0 Å². The topological polar surface area (TPSA) is 47.6 Å². The average molecular weight is 299 g/mol. The molecule has 0 aromatic heterocycles. The minimum absolute atomic E-state index is 0.0303. The zero-order chi connectivity index (χ0) is 15.8. The largest absolute Gasteiger partial charge is 0.494 e. The highest BCUT2D eigenvalue weighted by Gasteiger charge is 2.02. The van der Waals surface area contributed by atoms with Crippen LogP contribution in [-0.4, -0.2) is 12.5 Å². The summed E-state index contributed by atoms with van der Waals surface area (Å²) in [5.74, 6) is 2.32. The number of ether oxygens (including phenoxy) is 2. The Morgan fingerprint density at radius 1 is 0.909 bits per heavy atom. The van der Waals surface area contributed by atoms with Crippen molar-refractivity contribution in [2.45, 2.75) is 26.7 Å².